The molecule has 4 nitrogen and oxygen atoms in total. The molecule has 0 spiro atoms. The van der Waals surface area contributed by atoms with Gasteiger partial charge in [-0.1, -0.05) is 72.8 Å². The molecule has 0 unspecified atom stereocenters. The van der Waals surface area contributed by atoms with Gasteiger partial charge >= 0.3 is 0 Å². The third-order valence-corrected chi connectivity index (χ3v) is 4.32. The summed E-state index contributed by atoms with van der Waals surface area (Å²) in [7, 11) is 0. The highest BCUT2D eigenvalue weighted by Gasteiger charge is 2.24. The van der Waals surface area contributed by atoms with Crippen molar-refractivity contribution in [2.75, 3.05) is 11.9 Å². The van der Waals surface area contributed by atoms with Gasteiger partial charge in [-0.25, -0.2) is 0 Å². The molecular formula is C23H25N2O2+. The van der Waals surface area contributed by atoms with Crippen LogP contribution < -0.4 is 15.4 Å². The van der Waals surface area contributed by atoms with Crippen LogP contribution in [0.1, 0.15) is 24.1 Å². The normalized spacial score (nSPS) is 11.6. The van der Waals surface area contributed by atoms with Gasteiger partial charge in [0.25, 0.3) is 5.91 Å². The molecule has 27 heavy (non-hydrogen) atoms. The van der Waals surface area contributed by atoms with Crippen LogP contribution in [0.25, 0.3) is 0 Å². The number of nitrogens with two attached hydrogens (primary N) is 1. The average Bonchev–Trinajstić information content (AvgIpc) is 2.71. The summed E-state index contributed by atoms with van der Waals surface area (Å²) in [5.41, 5.74) is 2.85. The predicted octanol–water partition coefficient (Wildman–Crippen LogP) is 3.53. The lowest BCUT2D eigenvalue weighted by atomic mass is 10.1. The Morgan fingerprint density at radius 1 is 0.926 bits per heavy atom. The highest BCUT2D eigenvalue weighted by molar-refractivity contribution is 5.95. The number of hydrogen-bond acceptors (Lipinski definition) is 2. The van der Waals surface area contributed by atoms with E-state index in [0.29, 0.717) is 18.0 Å². The number of amides is 1. The Labute approximate surface area is 160 Å². The molecule has 3 aromatic rings. The van der Waals surface area contributed by atoms with Crippen molar-refractivity contribution < 1.29 is 14.8 Å². The topological polar surface area (TPSA) is 54.9 Å². The second kappa shape index (κ2) is 9.55. The van der Waals surface area contributed by atoms with E-state index in [1.807, 2.05) is 79.7 Å². The fourth-order valence-electron chi connectivity index (χ4n) is 2.98. The molecule has 3 aromatic carbocycles. The van der Waals surface area contributed by atoms with Gasteiger partial charge in [-0.2, -0.15) is 0 Å². The van der Waals surface area contributed by atoms with Crippen LogP contribution in [0.15, 0.2) is 84.9 Å². The molecule has 0 heterocycles. The highest BCUT2D eigenvalue weighted by atomic mass is 16.5. The van der Waals surface area contributed by atoms with Gasteiger partial charge in [-0.3, -0.25) is 4.79 Å². The van der Waals surface area contributed by atoms with E-state index in [9.17, 15) is 4.79 Å². The monoisotopic (exact) mass is 361 g/mol. The summed E-state index contributed by atoms with van der Waals surface area (Å²) in [4.78, 5) is 13.1. The number of ether oxygens (including phenoxy) is 1. The van der Waals surface area contributed by atoms with Crippen molar-refractivity contribution in [3.63, 3.8) is 0 Å². The molecule has 0 aliphatic heterocycles. The van der Waals surface area contributed by atoms with Crippen molar-refractivity contribution in [3.8, 4) is 5.75 Å². The van der Waals surface area contributed by atoms with E-state index >= 15 is 0 Å². The van der Waals surface area contributed by atoms with E-state index in [2.05, 4.69) is 22.8 Å². The van der Waals surface area contributed by atoms with Crippen molar-refractivity contribution >= 4 is 11.6 Å². The molecule has 3 rings (SSSR count). The molecule has 0 radical (unpaired) electrons. The lowest BCUT2D eigenvalue weighted by Gasteiger charge is -2.17. The van der Waals surface area contributed by atoms with Crippen LogP contribution in [0.4, 0.5) is 5.69 Å². The van der Waals surface area contributed by atoms with Crippen LogP contribution in [0.3, 0.4) is 0 Å². The average molecular weight is 361 g/mol. The summed E-state index contributed by atoms with van der Waals surface area (Å²) >= 11 is 0. The van der Waals surface area contributed by atoms with E-state index in [0.717, 1.165) is 12.1 Å². The number of quaternary nitrogens is 1. The van der Waals surface area contributed by atoms with E-state index < -0.39 is 0 Å². The van der Waals surface area contributed by atoms with Crippen LogP contribution in [-0.4, -0.2) is 12.5 Å². The maximum Gasteiger partial charge on any atom is 0.287 e. The van der Waals surface area contributed by atoms with Gasteiger partial charge in [-0.15, -0.1) is 0 Å². The van der Waals surface area contributed by atoms with Crippen molar-refractivity contribution in [2.24, 2.45) is 0 Å². The molecule has 0 aromatic heterocycles. The van der Waals surface area contributed by atoms with Crippen LogP contribution in [-0.2, 0) is 11.3 Å². The predicted molar refractivity (Wildman–Crippen MR) is 107 cm³/mol. The number of nitrogens with one attached hydrogen (secondary N) is 1. The first-order valence-corrected chi connectivity index (χ1v) is 9.23. The Balaban J connectivity index is 1.79. The summed E-state index contributed by atoms with van der Waals surface area (Å²) < 4.78 is 5.63. The molecule has 0 aliphatic rings. The summed E-state index contributed by atoms with van der Waals surface area (Å²) in [6.45, 7) is 3.20. The lowest BCUT2D eigenvalue weighted by molar-refractivity contribution is -0.697. The molecule has 138 valence electrons. The van der Waals surface area contributed by atoms with Gasteiger partial charge < -0.3 is 15.4 Å². The SMILES string of the molecule is CCOc1ccccc1NC(=O)[C@@H]([NH2+]Cc1ccccc1)c1ccccc1. The number of anilines is 1. The molecule has 1 atom stereocenters. The summed E-state index contributed by atoms with van der Waals surface area (Å²) in [6.07, 6.45) is 0. The first-order valence-electron chi connectivity index (χ1n) is 9.23. The zero-order valence-corrected chi connectivity index (χ0v) is 15.5. The molecule has 0 bridgehead atoms. The van der Waals surface area contributed by atoms with Crippen LogP contribution in [0.5, 0.6) is 5.75 Å². The summed E-state index contributed by atoms with van der Waals surface area (Å²) in [5.74, 6) is 0.618. The third kappa shape index (κ3) is 5.19. The van der Waals surface area contributed by atoms with Crippen LogP contribution in [0.2, 0.25) is 0 Å². The Hall–Kier alpha value is -3.11. The Morgan fingerprint density at radius 2 is 1.56 bits per heavy atom. The lowest BCUT2D eigenvalue weighted by Crippen LogP contribution is -2.85. The van der Waals surface area contributed by atoms with Gasteiger partial charge in [-0.05, 0) is 19.1 Å². The van der Waals surface area contributed by atoms with Gasteiger partial charge in [0.1, 0.15) is 12.3 Å². The Morgan fingerprint density at radius 3 is 2.26 bits per heavy atom. The minimum absolute atomic E-state index is 0.0655. The number of rotatable bonds is 8. The van der Waals surface area contributed by atoms with E-state index in [1.165, 1.54) is 5.56 Å². The molecule has 0 aliphatic carbocycles. The summed E-state index contributed by atoms with van der Waals surface area (Å²) in [6, 6.07) is 27.2. The van der Waals surface area contributed by atoms with E-state index in [-0.39, 0.29) is 11.9 Å². The van der Waals surface area contributed by atoms with Gasteiger partial charge in [0, 0.05) is 11.1 Å². The van der Waals surface area contributed by atoms with Crippen molar-refractivity contribution in [3.05, 3.63) is 96.1 Å². The van der Waals surface area contributed by atoms with Crippen LogP contribution in [0, 0.1) is 0 Å². The minimum Gasteiger partial charge on any atom is -0.492 e. The van der Waals surface area contributed by atoms with Crippen LogP contribution >= 0.6 is 0 Å². The zero-order chi connectivity index (χ0) is 18.9. The number of benzene rings is 3. The number of para-hydroxylation sites is 2. The second-order valence-electron chi connectivity index (χ2n) is 6.23. The number of carbonyl (C=O) groups excluding carboxylic acids is 1. The Kier molecular flexibility index (Phi) is 6.61. The smallest absolute Gasteiger partial charge is 0.287 e. The van der Waals surface area contributed by atoms with Crippen molar-refractivity contribution in [1.82, 2.24) is 0 Å². The number of hydrogen-bond donors (Lipinski definition) is 2. The molecule has 1 amide bonds. The van der Waals surface area contributed by atoms with Crippen molar-refractivity contribution in [2.45, 2.75) is 19.5 Å². The largest absolute Gasteiger partial charge is 0.492 e. The molecule has 0 fully saturated rings. The van der Waals surface area contributed by atoms with Crippen molar-refractivity contribution in [1.29, 1.82) is 0 Å². The first kappa shape index (κ1) is 18.7. The van der Waals surface area contributed by atoms with E-state index in [1.54, 1.807) is 0 Å². The zero-order valence-electron chi connectivity index (χ0n) is 15.5. The number of carbonyl (C=O) groups is 1. The quantitative estimate of drug-likeness (QED) is 0.645. The molecule has 0 saturated carbocycles. The van der Waals surface area contributed by atoms with Gasteiger partial charge in [0.2, 0.25) is 0 Å². The molecule has 3 N–H and O–H groups in total. The standard InChI is InChI=1S/C23H24N2O2/c1-2-27-21-16-10-9-15-20(21)25-23(26)22(19-13-7-4-8-14-19)24-17-18-11-5-3-6-12-18/h3-16,22,24H,2,17H2,1H3,(H,25,26)/p+1/t22-/m0/s1. The third-order valence-electron chi connectivity index (χ3n) is 4.32. The maximum atomic E-state index is 13.1. The molecule has 0 saturated heterocycles. The minimum atomic E-state index is -0.346. The second-order valence-corrected chi connectivity index (χ2v) is 6.23. The first-order chi connectivity index (χ1) is 13.3. The summed E-state index contributed by atoms with van der Waals surface area (Å²) in [5, 5.41) is 5.09. The fraction of sp³-hybridized carbons (Fsp3) is 0.174. The highest BCUT2D eigenvalue weighted by Crippen LogP contribution is 2.24. The maximum absolute atomic E-state index is 13.1. The van der Waals surface area contributed by atoms with Gasteiger partial charge in [0.05, 0.1) is 12.3 Å². The molecule has 4 heteroatoms. The van der Waals surface area contributed by atoms with E-state index in [4.69, 9.17) is 4.74 Å². The Bertz CT molecular complexity index is 851. The molecular weight excluding hydrogens is 336 g/mol. The fourth-order valence-corrected chi connectivity index (χ4v) is 2.98. The van der Waals surface area contributed by atoms with Gasteiger partial charge in [0.15, 0.2) is 6.04 Å².